The molecule has 0 radical (unpaired) electrons. The Labute approximate surface area is 204 Å². The molecular formula is C27H48ClN3O. The number of halogens is 1. The summed E-state index contributed by atoms with van der Waals surface area (Å²) in [6.45, 7) is 17.9. The van der Waals surface area contributed by atoms with E-state index < -0.39 is 0 Å². The monoisotopic (exact) mass is 465 g/mol. The molecule has 0 aromatic heterocycles. The lowest BCUT2D eigenvalue weighted by molar-refractivity contribution is 0.0970. The van der Waals surface area contributed by atoms with Crippen LogP contribution in [0.2, 0.25) is 0 Å². The van der Waals surface area contributed by atoms with Crippen molar-refractivity contribution in [2.24, 2.45) is 10.8 Å². The Balaban J connectivity index is 0.00000363. The number of methoxy groups -OCH3 is 1. The minimum absolute atomic E-state index is 0. The molecule has 1 aromatic carbocycles. The molecule has 32 heavy (non-hydrogen) atoms. The van der Waals surface area contributed by atoms with Gasteiger partial charge in [0.2, 0.25) is 0 Å². The normalized spacial score (nSPS) is 21.2. The highest BCUT2D eigenvalue weighted by molar-refractivity contribution is 5.85. The maximum Gasteiger partial charge on any atom is 0.144 e. The highest BCUT2D eigenvalue weighted by atomic mass is 35.5. The van der Waals surface area contributed by atoms with Gasteiger partial charge in [-0.05, 0) is 60.6 Å². The Bertz CT molecular complexity index is 723. The number of unbranched alkanes of at least 4 members (excludes halogenated alkanes) is 1. The Hall–Kier alpha value is -1.13. The summed E-state index contributed by atoms with van der Waals surface area (Å²) in [4.78, 5) is 7.47. The van der Waals surface area contributed by atoms with E-state index in [-0.39, 0.29) is 12.4 Å². The molecule has 1 heterocycles. The van der Waals surface area contributed by atoms with Gasteiger partial charge in [-0.25, -0.2) is 0 Å². The lowest BCUT2D eigenvalue weighted by atomic mass is 9.60. The van der Waals surface area contributed by atoms with Crippen LogP contribution in [0.25, 0.3) is 0 Å². The first-order valence-electron chi connectivity index (χ1n) is 12.4. The summed E-state index contributed by atoms with van der Waals surface area (Å²) in [5, 5.41) is 0. The van der Waals surface area contributed by atoms with E-state index in [0.29, 0.717) is 16.7 Å². The van der Waals surface area contributed by atoms with Gasteiger partial charge >= 0.3 is 0 Å². The van der Waals surface area contributed by atoms with Crippen LogP contribution in [0, 0.1) is 10.8 Å². The number of nitrogens with zero attached hydrogens (tertiary/aromatic N) is 3. The van der Waals surface area contributed by atoms with Crippen LogP contribution >= 0.6 is 12.4 Å². The van der Waals surface area contributed by atoms with Gasteiger partial charge in [-0.1, -0.05) is 41.0 Å². The fourth-order valence-electron chi connectivity index (χ4n) is 6.35. The molecule has 5 heteroatoms. The molecule has 0 N–H and O–H groups in total. The van der Waals surface area contributed by atoms with Gasteiger partial charge in [0, 0.05) is 52.0 Å². The number of piperazine rings is 1. The van der Waals surface area contributed by atoms with Crippen molar-refractivity contribution in [1.82, 2.24) is 4.90 Å². The van der Waals surface area contributed by atoms with E-state index in [4.69, 9.17) is 4.74 Å². The first kappa shape index (κ1) is 27.1. The minimum atomic E-state index is 0. The number of hydrogen-bond donors (Lipinski definition) is 0. The van der Waals surface area contributed by atoms with Crippen LogP contribution in [0.3, 0.4) is 0 Å². The Morgan fingerprint density at radius 2 is 1.59 bits per heavy atom. The van der Waals surface area contributed by atoms with Crippen LogP contribution in [0.4, 0.5) is 11.4 Å². The zero-order valence-electron chi connectivity index (χ0n) is 22.0. The van der Waals surface area contributed by atoms with Gasteiger partial charge in [0.1, 0.15) is 5.75 Å². The van der Waals surface area contributed by atoms with Crippen molar-refractivity contribution in [3.63, 3.8) is 0 Å². The summed E-state index contributed by atoms with van der Waals surface area (Å²) in [6.07, 6.45) is 6.42. The molecule has 1 aliphatic carbocycles. The molecule has 2 aliphatic rings. The Morgan fingerprint density at radius 1 is 1.00 bits per heavy atom. The van der Waals surface area contributed by atoms with Crippen LogP contribution in [-0.4, -0.2) is 58.8 Å². The molecule has 0 unspecified atom stereocenters. The molecule has 0 bridgehead atoms. The van der Waals surface area contributed by atoms with Gasteiger partial charge in [0.15, 0.2) is 0 Å². The fourth-order valence-corrected chi connectivity index (χ4v) is 6.35. The number of hydrogen-bond acceptors (Lipinski definition) is 4. The van der Waals surface area contributed by atoms with E-state index in [2.05, 4.69) is 75.5 Å². The molecule has 1 aliphatic heterocycles. The second kappa shape index (κ2) is 10.9. The molecule has 0 amide bonds. The van der Waals surface area contributed by atoms with Gasteiger partial charge in [-0.15, -0.1) is 12.4 Å². The molecule has 1 saturated heterocycles. The lowest BCUT2D eigenvalue weighted by Gasteiger charge is -2.46. The standard InChI is InChI=1S/C27H47N3O.ClH/c1-9-10-11-29-12-14-30(15-13-29)23-17-25(31-8)24(28(6)7)16-22(23)21-18-26(2,3)20-27(4,5)19-21;/h16-17,21H,9-15,18-20H2,1-8H3;1H. The van der Waals surface area contributed by atoms with Crippen LogP contribution in [-0.2, 0) is 0 Å². The molecular weight excluding hydrogens is 418 g/mol. The molecule has 0 spiro atoms. The number of anilines is 2. The highest BCUT2D eigenvalue weighted by Gasteiger charge is 2.40. The van der Waals surface area contributed by atoms with Gasteiger partial charge in [0.05, 0.1) is 12.8 Å². The van der Waals surface area contributed by atoms with E-state index in [1.807, 2.05) is 0 Å². The second-order valence-corrected chi connectivity index (χ2v) is 11.8. The summed E-state index contributed by atoms with van der Waals surface area (Å²) < 4.78 is 5.86. The van der Waals surface area contributed by atoms with Crippen LogP contribution in [0.1, 0.15) is 78.2 Å². The molecule has 1 aromatic rings. The summed E-state index contributed by atoms with van der Waals surface area (Å²) in [5.74, 6) is 1.59. The van der Waals surface area contributed by atoms with Gasteiger partial charge < -0.3 is 14.5 Å². The first-order chi connectivity index (χ1) is 14.5. The fraction of sp³-hybridized carbons (Fsp3) is 0.778. The van der Waals surface area contributed by atoms with Crippen molar-refractivity contribution in [2.45, 2.75) is 72.6 Å². The summed E-state index contributed by atoms with van der Waals surface area (Å²) in [5.41, 5.74) is 4.90. The predicted molar refractivity (Wildman–Crippen MR) is 142 cm³/mol. The SMILES string of the molecule is CCCCN1CCN(c2cc(OC)c(N(C)C)cc2C2CC(C)(C)CC(C)(C)C2)CC1.Cl. The van der Waals surface area contributed by atoms with Crippen molar-refractivity contribution >= 4 is 23.8 Å². The molecule has 3 rings (SSSR count). The van der Waals surface area contributed by atoms with Crippen molar-refractivity contribution in [2.75, 3.05) is 63.7 Å². The number of ether oxygens (including phenoxy) is 1. The van der Waals surface area contributed by atoms with E-state index in [0.717, 1.165) is 18.8 Å². The summed E-state index contributed by atoms with van der Waals surface area (Å²) in [6, 6.07) is 4.78. The lowest BCUT2D eigenvalue weighted by Crippen LogP contribution is -2.47. The third-order valence-electron chi connectivity index (χ3n) is 7.35. The number of rotatable bonds is 7. The predicted octanol–water partition coefficient (Wildman–Crippen LogP) is 6.43. The zero-order chi connectivity index (χ0) is 22.8. The highest BCUT2D eigenvalue weighted by Crippen LogP contribution is 2.54. The third-order valence-corrected chi connectivity index (χ3v) is 7.35. The average Bonchev–Trinajstić information content (AvgIpc) is 2.69. The van der Waals surface area contributed by atoms with Gasteiger partial charge in [-0.2, -0.15) is 0 Å². The van der Waals surface area contributed by atoms with E-state index in [1.54, 1.807) is 7.11 Å². The molecule has 2 fully saturated rings. The minimum Gasteiger partial charge on any atom is -0.495 e. The van der Waals surface area contributed by atoms with E-state index >= 15 is 0 Å². The average molecular weight is 466 g/mol. The smallest absolute Gasteiger partial charge is 0.144 e. The topological polar surface area (TPSA) is 19.0 Å². The quantitative estimate of drug-likeness (QED) is 0.462. The maximum atomic E-state index is 5.86. The van der Waals surface area contributed by atoms with E-state index in [9.17, 15) is 0 Å². The third kappa shape index (κ3) is 6.47. The molecule has 184 valence electrons. The molecule has 4 nitrogen and oxygen atoms in total. The second-order valence-electron chi connectivity index (χ2n) is 11.8. The Morgan fingerprint density at radius 3 is 2.09 bits per heavy atom. The molecule has 1 saturated carbocycles. The van der Waals surface area contributed by atoms with E-state index in [1.165, 1.54) is 68.7 Å². The van der Waals surface area contributed by atoms with Gasteiger partial charge in [-0.3, -0.25) is 4.90 Å². The van der Waals surface area contributed by atoms with Crippen LogP contribution < -0.4 is 14.5 Å². The Kier molecular flexibility index (Phi) is 9.21. The largest absolute Gasteiger partial charge is 0.495 e. The van der Waals surface area contributed by atoms with Crippen LogP contribution in [0.5, 0.6) is 5.75 Å². The van der Waals surface area contributed by atoms with Crippen molar-refractivity contribution < 1.29 is 4.74 Å². The first-order valence-corrected chi connectivity index (χ1v) is 12.4. The maximum absolute atomic E-state index is 5.86. The van der Waals surface area contributed by atoms with Gasteiger partial charge in [0.25, 0.3) is 0 Å². The number of benzene rings is 1. The van der Waals surface area contributed by atoms with Crippen molar-refractivity contribution in [1.29, 1.82) is 0 Å². The zero-order valence-corrected chi connectivity index (χ0v) is 22.8. The van der Waals surface area contributed by atoms with Crippen molar-refractivity contribution in [3.05, 3.63) is 17.7 Å². The van der Waals surface area contributed by atoms with Crippen LogP contribution in [0.15, 0.2) is 12.1 Å². The van der Waals surface area contributed by atoms with Crippen molar-refractivity contribution in [3.8, 4) is 5.75 Å². The summed E-state index contributed by atoms with van der Waals surface area (Å²) in [7, 11) is 6.06. The summed E-state index contributed by atoms with van der Waals surface area (Å²) >= 11 is 0. The molecule has 0 atom stereocenters.